The first-order chi connectivity index (χ1) is 8.80. The average Bonchev–Trinajstić information content (AvgIpc) is 2.63. The lowest BCUT2D eigenvalue weighted by Crippen LogP contribution is -2.06. The Balaban J connectivity index is 2.61. The Labute approximate surface area is 107 Å². The number of rotatable bonds is 3. The number of carboxylic acid groups (broad SMARTS) is 1. The molecule has 0 saturated carbocycles. The molecule has 0 saturated heterocycles. The predicted molar refractivity (Wildman–Crippen MR) is 63.9 cm³/mol. The van der Waals surface area contributed by atoms with Crippen LogP contribution in [-0.2, 0) is 24.4 Å². The van der Waals surface area contributed by atoms with Gasteiger partial charge in [0.1, 0.15) is 0 Å². The Morgan fingerprint density at radius 3 is 2.63 bits per heavy atom. The van der Waals surface area contributed by atoms with Crippen molar-refractivity contribution >= 4 is 16.9 Å². The van der Waals surface area contributed by atoms with E-state index in [9.17, 15) is 18.0 Å². The zero-order valence-corrected chi connectivity index (χ0v) is 10.2. The third-order valence-corrected chi connectivity index (χ3v) is 3.01. The summed E-state index contributed by atoms with van der Waals surface area (Å²) in [5.41, 5.74) is 0.147. The van der Waals surface area contributed by atoms with Crippen molar-refractivity contribution in [3.05, 3.63) is 35.5 Å². The van der Waals surface area contributed by atoms with Gasteiger partial charge in [0.05, 0.1) is 5.56 Å². The Morgan fingerprint density at radius 1 is 1.37 bits per heavy atom. The molecule has 2 rings (SSSR count). The SMILES string of the molecule is Cn1cc(CCC(=O)O)c2c(C(F)(F)F)cccc21. The lowest BCUT2D eigenvalue weighted by molar-refractivity contribution is -0.137. The van der Waals surface area contributed by atoms with Crippen LogP contribution in [0.5, 0.6) is 0 Å². The van der Waals surface area contributed by atoms with E-state index in [2.05, 4.69) is 0 Å². The minimum atomic E-state index is -4.45. The Morgan fingerprint density at radius 2 is 2.05 bits per heavy atom. The number of carbonyl (C=O) groups is 1. The van der Waals surface area contributed by atoms with Gasteiger partial charge in [0.2, 0.25) is 0 Å². The van der Waals surface area contributed by atoms with E-state index in [1.54, 1.807) is 23.9 Å². The molecular formula is C13H12F3NO2. The molecule has 0 spiro atoms. The number of aliphatic carboxylic acids is 1. The van der Waals surface area contributed by atoms with Gasteiger partial charge in [-0.1, -0.05) is 6.07 Å². The number of aromatic nitrogens is 1. The first-order valence-electron chi connectivity index (χ1n) is 5.66. The summed E-state index contributed by atoms with van der Waals surface area (Å²) < 4.78 is 40.5. The Kier molecular flexibility index (Phi) is 3.26. The molecule has 1 aromatic heterocycles. The van der Waals surface area contributed by atoms with Gasteiger partial charge < -0.3 is 9.67 Å². The summed E-state index contributed by atoms with van der Waals surface area (Å²) in [7, 11) is 1.65. The Bertz CT molecular complexity index is 629. The normalized spacial score (nSPS) is 12.0. The molecule has 0 unspecified atom stereocenters. The van der Waals surface area contributed by atoms with Gasteiger partial charge in [-0.25, -0.2) is 0 Å². The fourth-order valence-corrected chi connectivity index (χ4v) is 2.21. The second-order valence-corrected chi connectivity index (χ2v) is 4.36. The summed E-state index contributed by atoms with van der Waals surface area (Å²) in [5.74, 6) is -1.03. The minimum absolute atomic E-state index is 0.0831. The lowest BCUT2D eigenvalue weighted by atomic mass is 10.0. The van der Waals surface area contributed by atoms with E-state index in [0.717, 1.165) is 6.07 Å². The number of fused-ring (bicyclic) bond motifs is 1. The maximum atomic E-state index is 13.0. The molecule has 0 radical (unpaired) electrons. The number of benzene rings is 1. The van der Waals surface area contributed by atoms with Crippen LogP contribution in [0.15, 0.2) is 24.4 Å². The van der Waals surface area contributed by atoms with Crippen molar-refractivity contribution in [3.8, 4) is 0 Å². The van der Waals surface area contributed by atoms with Crippen molar-refractivity contribution in [2.75, 3.05) is 0 Å². The standard InChI is InChI=1S/C13H12F3NO2/c1-17-7-8(5-6-11(18)19)12-9(13(14,15)16)3-2-4-10(12)17/h2-4,7H,5-6H2,1H3,(H,18,19). The van der Waals surface area contributed by atoms with Gasteiger partial charge >= 0.3 is 12.1 Å². The number of halogens is 3. The monoisotopic (exact) mass is 271 g/mol. The number of carboxylic acids is 1. The van der Waals surface area contributed by atoms with Crippen LogP contribution in [0.4, 0.5) is 13.2 Å². The van der Waals surface area contributed by atoms with Gasteiger partial charge in [0, 0.05) is 30.6 Å². The van der Waals surface area contributed by atoms with Crippen molar-refractivity contribution in [2.45, 2.75) is 19.0 Å². The molecule has 1 aromatic carbocycles. The fourth-order valence-electron chi connectivity index (χ4n) is 2.21. The number of aryl methyl sites for hydroxylation is 2. The van der Waals surface area contributed by atoms with Crippen molar-refractivity contribution in [1.29, 1.82) is 0 Å². The zero-order chi connectivity index (χ0) is 14.2. The number of hydrogen-bond acceptors (Lipinski definition) is 1. The fraction of sp³-hybridized carbons (Fsp3) is 0.308. The molecule has 1 N–H and O–H groups in total. The van der Waals surface area contributed by atoms with Gasteiger partial charge in [-0.05, 0) is 24.1 Å². The molecular weight excluding hydrogens is 259 g/mol. The lowest BCUT2D eigenvalue weighted by Gasteiger charge is -2.09. The van der Waals surface area contributed by atoms with Gasteiger partial charge in [-0.2, -0.15) is 13.2 Å². The molecule has 0 atom stereocenters. The van der Waals surface area contributed by atoms with E-state index in [-0.39, 0.29) is 18.2 Å². The smallest absolute Gasteiger partial charge is 0.417 e. The molecule has 0 aliphatic heterocycles. The van der Waals surface area contributed by atoms with Crippen LogP contribution in [0.2, 0.25) is 0 Å². The molecule has 2 aromatic rings. The molecule has 0 bridgehead atoms. The maximum absolute atomic E-state index is 13.0. The van der Waals surface area contributed by atoms with Gasteiger partial charge in [0.25, 0.3) is 0 Å². The maximum Gasteiger partial charge on any atom is 0.417 e. The topological polar surface area (TPSA) is 42.2 Å². The van der Waals surface area contributed by atoms with E-state index in [1.165, 1.54) is 6.07 Å². The van der Waals surface area contributed by atoms with Crippen LogP contribution >= 0.6 is 0 Å². The van der Waals surface area contributed by atoms with Gasteiger partial charge in [0.15, 0.2) is 0 Å². The highest BCUT2D eigenvalue weighted by Crippen LogP contribution is 2.37. The summed E-state index contributed by atoms with van der Waals surface area (Å²) in [4.78, 5) is 10.6. The summed E-state index contributed by atoms with van der Waals surface area (Å²) in [5, 5.41) is 8.75. The molecule has 3 nitrogen and oxygen atoms in total. The van der Waals surface area contributed by atoms with E-state index in [4.69, 9.17) is 5.11 Å². The quantitative estimate of drug-likeness (QED) is 0.931. The van der Waals surface area contributed by atoms with Gasteiger partial charge in [-0.15, -0.1) is 0 Å². The molecule has 0 aliphatic rings. The van der Waals surface area contributed by atoms with Crippen LogP contribution in [0.1, 0.15) is 17.5 Å². The Hall–Kier alpha value is -1.98. The largest absolute Gasteiger partial charge is 0.481 e. The molecule has 0 aliphatic carbocycles. The van der Waals surface area contributed by atoms with Crippen LogP contribution in [0, 0.1) is 0 Å². The van der Waals surface area contributed by atoms with E-state index < -0.39 is 17.7 Å². The van der Waals surface area contributed by atoms with E-state index in [0.29, 0.717) is 11.1 Å². The van der Waals surface area contributed by atoms with Crippen LogP contribution in [0.3, 0.4) is 0 Å². The van der Waals surface area contributed by atoms with Gasteiger partial charge in [-0.3, -0.25) is 4.79 Å². The second kappa shape index (κ2) is 4.60. The predicted octanol–water partition coefficient (Wildman–Crippen LogP) is 3.21. The third kappa shape index (κ3) is 2.57. The highest BCUT2D eigenvalue weighted by Gasteiger charge is 2.33. The van der Waals surface area contributed by atoms with Crippen molar-refractivity contribution in [1.82, 2.24) is 4.57 Å². The number of alkyl halides is 3. The molecule has 0 fully saturated rings. The van der Waals surface area contributed by atoms with E-state index >= 15 is 0 Å². The van der Waals surface area contributed by atoms with Crippen LogP contribution < -0.4 is 0 Å². The highest BCUT2D eigenvalue weighted by atomic mass is 19.4. The van der Waals surface area contributed by atoms with Crippen molar-refractivity contribution < 1.29 is 23.1 Å². The average molecular weight is 271 g/mol. The summed E-state index contributed by atoms with van der Waals surface area (Å²) in [6, 6.07) is 3.97. The van der Waals surface area contributed by atoms with Crippen molar-refractivity contribution in [3.63, 3.8) is 0 Å². The highest BCUT2D eigenvalue weighted by molar-refractivity contribution is 5.88. The molecule has 102 valence electrons. The summed E-state index contributed by atoms with van der Waals surface area (Å²) in [6.07, 6.45) is -2.99. The third-order valence-electron chi connectivity index (χ3n) is 3.01. The van der Waals surface area contributed by atoms with Crippen molar-refractivity contribution in [2.24, 2.45) is 7.05 Å². The van der Waals surface area contributed by atoms with Crippen LogP contribution in [0.25, 0.3) is 10.9 Å². The summed E-state index contributed by atoms with van der Waals surface area (Å²) in [6.45, 7) is 0. The zero-order valence-electron chi connectivity index (χ0n) is 10.2. The molecule has 19 heavy (non-hydrogen) atoms. The van der Waals surface area contributed by atoms with E-state index in [1.807, 2.05) is 0 Å². The molecule has 0 amide bonds. The minimum Gasteiger partial charge on any atom is -0.481 e. The number of hydrogen-bond donors (Lipinski definition) is 1. The first-order valence-corrected chi connectivity index (χ1v) is 5.66. The van der Waals surface area contributed by atoms with Crippen LogP contribution in [-0.4, -0.2) is 15.6 Å². The molecule has 6 heteroatoms. The number of nitrogens with zero attached hydrogens (tertiary/aromatic N) is 1. The first kappa shape index (κ1) is 13.5. The summed E-state index contributed by atoms with van der Waals surface area (Å²) >= 11 is 0. The molecule has 1 heterocycles. The second-order valence-electron chi connectivity index (χ2n) is 4.36.